The van der Waals surface area contributed by atoms with E-state index in [0.29, 0.717) is 12.2 Å². The summed E-state index contributed by atoms with van der Waals surface area (Å²) in [6.07, 6.45) is 2.38. The molecular weight excluding hydrogens is 324 g/mol. The minimum atomic E-state index is -3.68. The zero-order valence-corrected chi connectivity index (χ0v) is 14.9. The molecule has 0 aliphatic rings. The molecule has 0 radical (unpaired) electrons. The molecule has 0 spiro atoms. The maximum absolute atomic E-state index is 12.3. The van der Waals surface area contributed by atoms with Gasteiger partial charge in [-0.15, -0.1) is 0 Å². The van der Waals surface area contributed by atoms with Gasteiger partial charge in [-0.25, -0.2) is 4.83 Å². The van der Waals surface area contributed by atoms with Gasteiger partial charge in [-0.05, 0) is 49.6 Å². The number of ether oxygens (including phenoxy) is 1. The van der Waals surface area contributed by atoms with Gasteiger partial charge in [-0.2, -0.15) is 13.5 Å². The molecule has 5 nitrogen and oxygen atoms in total. The van der Waals surface area contributed by atoms with Crippen molar-refractivity contribution in [1.29, 1.82) is 0 Å². The summed E-state index contributed by atoms with van der Waals surface area (Å²) in [5.41, 5.74) is 2.46. The zero-order valence-electron chi connectivity index (χ0n) is 14.1. The van der Waals surface area contributed by atoms with E-state index in [9.17, 15) is 8.42 Å². The largest absolute Gasteiger partial charge is 0.494 e. The van der Waals surface area contributed by atoms with E-state index in [2.05, 4.69) is 9.93 Å². The normalized spacial score (nSPS) is 11.6. The Morgan fingerprint density at radius 1 is 1.17 bits per heavy atom. The summed E-state index contributed by atoms with van der Waals surface area (Å²) >= 11 is 0. The third-order valence-electron chi connectivity index (χ3n) is 3.34. The number of sulfonamides is 1. The van der Waals surface area contributed by atoms with E-state index < -0.39 is 10.0 Å². The number of benzene rings is 2. The fraction of sp³-hybridized carbons (Fsp3) is 0.278. The highest BCUT2D eigenvalue weighted by atomic mass is 32.2. The number of hydrogen-bond acceptors (Lipinski definition) is 4. The van der Waals surface area contributed by atoms with E-state index in [1.807, 2.05) is 44.2 Å². The molecule has 6 heteroatoms. The van der Waals surface area contributed by atoms with Crippen LogP contribution in [0.5, 0.6) is 5.75 Å². The van der Waals surface area contributed by atoms with E-state index in [-0.39, 0.29) is 4.90 Å². The average Bonchev–Trinajstić information content (AvgIpc) is 2.53. The molecule has 0 saturated carbocycles. The quantitative estimate of drug-likeness (QED) is 0.617. The Morgan fingerprint density at radius 3 is 2.67 bits per heavy atom. The van der Waals surface area contributed by atoms with Gasteiger partial charge >= 0.3 is 0 Å². The minimum Gasteiger partial charge on any atom is -0.494 e. The molecule has 0 saturated heterocycles. The zero-order chi connectivity index (χ0) is 17.6. The summed E-state index contributed by atoms with van der Waals surface area (Å²) in [6.45, 7) is 6.36. The Hall–Kier alpha value is -2.34. The fourth-order valence-electron chi connectivity index (χ4n) is 2.22. The van der Waals surface area contributed by atoms with Crippen molar-refractivity contribution in [1.82, 2.24) is 4.83 Å². The third kappa shape index (κ3) is 4.83. The van der Waals surface area contributed by atoms with Gasteiger partial charge in [0.1, 0.15) is 5.75 Å². The lowest BCUT2D eigenvalue weighted by Crippen LogP contribution is -2.19. The van der Waals surface area contributed by atoms with Crippen molar-refractivity contribution in [3.8, 4) is 5.75 Å². The molecule has 0 atom stereocenters. The van der Waals surface area contributed by atoms with E-state index >= 15 is 0 Å². The Balaban J connectivity index is 2.10. The van der Waals surface area contributed by atoms with Crippen molar-refractivity contribution >= 4 is 16.2 Å². The van der Waals surface area contributed by atoms with Crippen molar-refractivity contribution in [2.75, 3.05) is 6.61 Å². The van der Waals surface area contributed by atoms with Crippen molar-refractivity contribution in [2.45, 2.75) is 32.1 Å². The molecule has 24 heavy (non-hydrogen) atoms. The fourth-order valence-corrected chi connectivity index (χ4v) is 3.24. The monoisotopic (exact) mass is 346 g/mol. The molecule has 0 fully saturated rings. The van der Waals surface area contributed by atoms with Gasteiger partial charge in [0.05, 0.1) is 17.7 Å². The summed E-state index contributed by atoms with van der Waals surface area (Å²) in [4.78, 5) is 2.47. The highest BCUT2D eigenvalue weighted by Crippen LogP contribution is 2.16. The maximum Gasteiger partial charge on any atom is 0.276 e. The van der Waals surface area contributed by atoms with Crippen molar-refractivity contribution < 1.29 is 13.2 Å². The molecule has 2 aromatic carbocycles. The minimum absolute atomic E-state index is 0.227. The summed E-state index contributed by atoms with van der Waals surface area (Å²) in [5.74, 6) is 0.734. The smallest absolute Gasteiger partial charge is 0.276 e. The van der Waals surface area contributed by atoms with Crippen LogP contribution >= 0.6 is 0 Å². The highest BCUT2D eigenvalue weighted by molar-refractivity contribution is 7.89. The number of rotatable bonds is 7. The van der Waals surface area contributed by atoms with Crippen molar-refractivity contribution in [3.63, 3.8) is 0 Å². The lowest BCUT2D eigenvalue weighted by atomic mass is 10.2. The summed E-state index contributed by atoms with van der Waals surface area (Å²) in [7, 11) is -3.68. The van der Waals surface area contributed by atoms with Crippen molar-refractivity contribution in [2.24, 2.45) is 5.10 Å². The van der Waals surface area contributed by atoms with Crippen LogP contribution < -0.4 is 9.57 Å². The van der Waals surface area contributed by atoms with E-state index in [0.717, 1.165) is 23.3 Å². The Kier molecular flexibility index (Phi) is 5.98. The van der Waals surface area contributed by atoms with Gasteiger partial charge in [0.2, 0.25) is 0 Å². The molecule has 0 aromatic heterocycles. The second-order valence-electron chi connectivity index (χ2n) is 5.54. The van der Waals surface area contributed by atoms with E-state index in [1.165, 1.54) is 6.21 Å². The van der Waals surface area contributed by atoms with Crippen LogP contribution in [0.3, 0.4) is 0 Å². The first-order chi connectivity index (χ1) is 11.4. The molecule has 0 aliphatic heterocycles. The average molecular weight is 346 g/mol. The first-order valence-corrected chi connectivity index (χ1v) is 9.25. The predicted molar refractivity (Wildman–Crippen MR) is 96.1 cm³/mol. The summed E-state index contributed by atoms with van der Waals surface area (Å²) in [5, 5.41) is 3.86. The Labute approximate surface area is 143 Å². The van der Waals surface area contributed by atoms with Crippen LogP contribution in [0.15, 0.2) is 52.5 Å². The van der Waals surface area contributed by atoms with Gasteiger partial charge in [0, 0.05) is 0 Å². The molecule has 2 aromatic rings. The van der Waals surface area contributed by atoms with Crippen LogP contribution in [-0.4, -0.2) is 21.2 Å². The summed E-state index contributed by atoms with van der Waals surface area (Å²) in [6, 6.07) is 12.5. The van der Waals surface area contributed by atoms with E-state index in [1.54, 1.807) is 19.1 Å². The van der Waals surface area contributed by atoms with Gasteiger partial charge in [0.15, 0.2) is 0 Å². The molecule has 0 heterocycles. The molecule has 1 N–H and O–H groups in total. The number of nitrogens with zero attached hydrogens (tertiary/aromatic N) is 1. The lowest BCUT2D eigenvalue weighted by molar-refractivity contribution is 0.317. The second kappa shape index (κ2) is 7.97. The van der Waals surface area contributed by atoms with Crippen LogP contribution in [-0.2, 0) is 10.0 Å². The predicted octanol–water partition coefficient (Wildman–Crippen LogP) is 3.40. The second-order valence-corrected chi connectivity index (χ2v) is 7.17. The maximum atomic E-state index is 12.3. The molecular formula is C18H22N2O3S. The molecule has 0 bridgehead atoms. The van der Waals surface area contributed by atoms with E-state index in [4.69, 9.17) is 4.74 Å². The van der Waals surface area contributed by atoms with Crippen LogP contribution in [0.25, 0.3) is 0 Å². The van der Waals surface area contributed by atoms with Crippen molar-refractivity contribution in [3.05, 3.63) is 59.2 Å². The molecule has 0 unspecified atom stereocenters. The SMILES string of the molecule is CCCOc1cccc(/C=N/NS(=O)(=O)c2ccc(C)cc2C)c1. The Morgan fingerprint density at radius 2 is 1.96 bits per heavy atom. The topological polar surface area (TPSA) is 67.8 Å². The van der Waals surface area contributed by atoms with Gasteiger partial charge in [-0.1, -0.05) is 36.8 Å². The van der Waals surface area contributed by atoms with Crippen LogP contribution in [0.1, 0.15) is 30.0 Å². The lowest BCUT2D eigenvalue weighted by Gasteiger charge is -2.07. The van der Waals surface area contributed by atoms with Gasteiger partial charge in [0.25, 0.3) is 10.0 Å². The standard InChI is InChI=1S/C18H22N2O3S/c1-4-10-23-17-7-5-6-16(12-17)13-19-20-24(21,22)18-9-8-14(2)11-15(18)3/h5-9,11-13,20H,4,10H2,1-3H3/b19-13+. The molecule has 0 amide bonds. The third-order valence-corrected chi connectivity index (χ3v) is 4.72. The summed E-state index contributed by atoms with van der Waals surface area (Å²) < 4.78 is 30.2. The first kappa shape index (κ1) is 18.0. The van der Waals surface area contributed by atoms with Gasteiger partial charge < -0.3 is 4.74 Å². The number of nitrogens with one attached hydrogen (secondary N) is 1. The van der Waals surface area contributed by atoms with Crippen LogP contribution in [0, 0.1) is 13.8 Å². The number of hydrazone groups is 1. The first-order valence-electron chi connectivity index (χ1n) is 7.77. The van der Waals surface area contributed by atoms with Crippen LogP contribution in [0.4, 0.5) is 0 Å². The van der Waals surface area contributed by atoms with Crippen LogP contribution in [0.2, 0.25) is 0 Å². The van der Waals surface area contributed by atoms with Gasteiger partial charge in [-0.3, -0.25) is 0 Å². The highest BCUT2D eigenvalue weighted by Gasteiger charge is 2.15. The molecule has 128 valence electrons. The molecule has 0 aliphatic carbocycles. The number of hydrogen-bond donors (Lipinski definition) is 1. The number of aryl methyl sites for hydroxylation is 2. The Bertz CT molecular complexity index is 830. The molecule has 2 rings (SSSR count).